The number of thiazole rings is 1. The van der Waals surface area contributed by atoms with Gasteiger partial charge in [-0.3, -0.25) is 9.69 Å². The number of carbonyl (C=O) groups is 1. The average Bonchev–Trinajstić information content (AvgIpc) is 3.25. The Balaban J connectivity index is 1.69. The van der Waals surface area contributed by atoms with Crippen LogP contribution < -0.4 is 4.90 Å². The number of hydrogen-bond acceptors (Lipinski definition) is 5. The van der Waals surface area contributed by atoms with Crippen LogP contribution in [0, 0.1) is 0 Å². The van der Waals surface area contributed by atoms with Gasteiger partial charge in [0, 0.05) is 49.5 Å². The Kier molecular flexibility index (Phi) is 5.65. The quantitative estimate of drug-likeness (QED) is 0.803. The summed E-state index contributed by atoms with van der Waals surface area (Å²) in [6, 6.07) is 4.07. The zero-order valence-corrected chi connectivity index (χ0v) is 15.0. The first kappa shape index (κ1) is 17.1. The number of likely N-dealkylation sites (N-methyl/N-ethyl adjacent to an activating group) is 1. The molecule has 1 saturated heterocycles. The molecule has 2 atom stereocenters. The highest BCUT2D eigenvalue weighted by molar-refractivity contribution is 7.13. The number of nitrogens with zero attached hydrogens (tertiary/aromatic N) is 4. The lowest BCUT2D eigenvalue weighted by Crippen LogP contribution is -2.48. The van der Waals surface area contributed by atoms with Crippen LogP contribution in [0.5, 0.6) is 0 Å². The number of carbonyl (C=O) groups excluding carboxylic acids is 1. The summed E-state index contributed by atoms with van der Waals surface area (Å²) in [6.07, 6.45) is 6.19. The number of ether oxygens (including phenoxy) is 1. The van der Waals surface area contributed by atoms with Gasteiger partial charge in [-0.25, -0.2) is 4.98 Å². The summed E-state index contributed by atoms with van der Waals surface area (Å²) >= 11 is 1.49. The molecule has 3 rings (SSSR count). The third-order valence-electron chi connectivity index (χ3n) is 4.29. The monoisotopic (exact) mass is 348 g/mol. The minimum absolute atomic E-state index is 0.0264. The maximum absolute atomic E-state index is 12.9. The number of aromatic nitrogens is 2. The molecule has 1 fully saturated rings. The molecule has 130 valence electrons. The van der Waals surface area contributed by atoms with Gasteiger partial charge in [0.1, 0.15) is 0 Å². The molecule has 3 heterocycles. The van der Waals surface area contributed by atoms with Crippen LogP contribution in [-0.4, -0.2) is 59.8 Å². The summed E-state index contributed by atoms with van der Waals surface area (Å²) in [4.78, 5) is 21.3. The summed E-state index contributed by atoms with van der Waals surface area (Å²) in [5.41, 5.74) is 0. The fourth-order valence-corrected chi connectivity index (χ4v) is 3.60. The molecule has 0 aliphatic carbocycles. The Morgan fingerprint density at radius 3 is 2.96 bits per heavy atom. The van der Waals surface area contributed by atoms with Gasteiger partial charge in [-0.15, -0.1) is 11.3 Å². The minimum atomic E-state index is 0.0264. The zero-order chi connectivity index (χ0) is 16.9. The maximum atomic E-state index is 12.9. The molecule has 0 N–H and O–H groups in total. The maximum Gasteiger partial charge on any atom is 0.230 e. The molecule has 0 unspecified atom stereocenters. The Bertz CT molecular complexity index is 629. The molecule has 7 heteroatoms. The molecule has 1 amide bonds. The SMILES string of the molecule is C[C@H](CC(=O)N(C[C@@H]1CN(C)CCO1)c1nccs1)n1cccc1. The number of anilines is 1. The van der Waals surface area contributed by atoms with Crippen molar-refractivity contribution in [3.8, 4) is 0 Å². The van der Waals surface area contributed by atoms with Crippen LogP contribution in [0.2, 0.25) is 0 Å². The van der Waals surface area contributed by atoms with Gasteiger partial charge in [0.25, 0.3) is 0 Å². The third kappa shape index (κ3) is 4.23. The van der Waals surface area contributed by atoms with E-state index in [0.29, 0.717) is 19.6 Å². The van der Waals surface area contributed by atoms with Crippen LogP contribution in [0.15, 0.2) is 36.1 Å². The van der Waals surface area contributed by atoms with Gasteiger partial charge in [0.15, 0.2) is 5.13 Å². The van der Waals surface area contributed by atoms with E-state index < -0.39 is 0 Å². The first-order valence-electron chi connectivity index (χ1n) is 8.26. The van der Waals surface area contributed by atoms with Crippen molar-refractivity contribution in [2.24, 2.45) is 0 Å². The molecule has 24 heavy (non-hydrogen) atoms. The second-order valence-electron chi connectivity index (χ2n) is 6.26. The van der Waals surface area contributed by atoms with Crippen LogP contribution in [0.1, 0.15) is 19.4 Å². The van der Waals surface area contributed by atoms with Crippen LogP contribution in [0.3, 0.4) is 0 Å². The van der Waals surface area contributed by atoms with E-state index in [4.69, 9.17) is 4.74 Å². The van der Waals surface area contributed by atoms with Crippen molar-refractivity contribution in [3.63, 3.8) is 0 Å². The molecule has 1 aliphatic rings. The summed E-state index contributed by atoms with van der Waals surface area (Å²) in [5, 5.41) is 2.65. The molecule has 2 aromatic rings. The second kappa shape index (κ2) is 7.92. The van der Waals surface area contributed by atoms with E-state index in [1.165, 1.54) is 11.3 Å². The standard InChI is InChI=1S/C17H24N4O2S/c1-14(20-6-3-4-7-20)11-16(22)21(17-18-5-10-24-17)13-15-12-19(2)8-9-23-15/h3-7,10,14-15H,8-9,11-13H2,1-2H3/t14-,15+/m1/s1. The molecule has 6 nitrogen and oxygen atoms in total. The van der Waals surface area contributed by atoms with E-state index in [2.05, 4.69) is 28.4 Å². The molecule has 0 aromatic carbocycles. The number of amides is 1. The van der Waals surface area contributed by atoms with Crippen molar-refractivity contribution in [2.45, 2.75) is 25.5 Å². The molecule has 0 bridgehead atoms. The van der Waals surface area contributed by atoms with Gasteiger partial charge in [0.05, 0.1) is 19.3 Å². The van der Waals surface area contributed by atoms with Gasteiger partial charge in [-0.2, -0.15) is 0 Å². The fraction of sp³-hybridized carbons (Fsp3) is 0.529. The predicted molar refractivity (Wildman–Crippen MR) is 95.5 cm³/mol. The fourth-order valence-electron chi connectivity index (χ4n) is 2.93. The van der Waals surface area contributed by atoms with Gasteiger partial charge < -0.3 is 14.2 Å². The van der Waals surface area contributed by atoms with Crippen molar-refractivity contribution >= 4 is 22.4 Å². The van der Waals surface area contributed by atoms with E-state index in [-0.39, 0.29) is 18.1 Å². The van der Waals surface area contributed by atoms with E-state index in [1.807, 2.05) is 29.9 Å². The number of rotatable bonds is 6. The molecular weight excluding hydrogens is 324 g/mol. The smallest absolute Gasteiger partial charge is 0.230 e. The summed E-state index contributed by atoms with van der Waals surface area (Å²) < 4.78 is 7.90. The molecule has 0 saturated carbocycles. The highest BCUT2D eigenvalue weighted by atomic mass is 32.1. The zero-order valence-electron chi connectivity index (χ0n) is 14.2. The Hall–Kier alpha value is -1.70. The van der Waals surface area contributed by atoms with E-state index >= 15 is 0 Å². The average molecular weight is 348 g/mol. The Labute approximate surface area is 146 Å². The van der Waals surface area contributed by atoms with Crippen molar-refractivity contribution in [1.82, 2.24) is 14.5 Å². The highest BCUT2D eigenvalue weighted by Gasteiger charge is 2.27. The Morgan fingerprint density at radius 1 is 1.50 bits per heavy atom. The van der Waals surface area contributed by atoms with Crippen molar-refractivity contribution < 1.29 is 9.53 Å². The molecule has 1 aliphatic heterocycles. The normalized spacial score (nSPS) is 20.0. The minimum Gasteiger partial charge on any atom is -0.374 e. The molecule has 0 spiro atoms. The topological polar surface area (TPSA) is 50.6 Å². The van der Waals surface area contributed by atoms with Gasteiger partial charge in [-0.05, 0) is 26.1 Å². The van der Waals surface area contributed by atoms with Crippen LogP contribution in [-0.2, 0) is 9.53 Å². The van der Waals surface area contributed by atoms with E-state index in [1.54, 1.807) is 11.1 Å². The first-order chi connectivity index (χ1) is 11.6. The summed E-state index contributed by atoms with van der Waals surface area (Å²) in [5.74, 6) is 0.0861. The van der Waals surface area contributed by atoms with Gasteiger partial charge in [0.2, 0.25) is 5.91 Å². The van der Waals surface area contributed by atoms with Crippen LogP contribution in [0.25, 0.3) is 0 Å². The first-order valence-corrected chi connectivity index (χ1v) is 9.14. The highest BCUT2D eigenvalue weighted by Crippen LogP contribution is 2.22. The molecular formula is C17H24N4O2S. The van der Waals surface area contributed by atoms with Crippen molar-refractivity contribution in [2.75, 3.05) is 38.2 Å². The third-order valence-corrected chi connectivity index (χ3v) is 5.08. The second-order valence-corrected chi connectivity index (χ2v) is 7.13. The molecule has 2 aromatic heterocycles. The van der Waals surface area contributed by atoms with Crippen molar-refractivity contribution in [3.05, 3.63) is 36.1 Å². The van der Waals surface area contributed by atoms with Crippen LogP contribution >= 0.6 is 11.3 Å². The number of morpholine rings is 1. The van der Waals surface area contributed by atoms with Gasteiger partial charge in [-0.1, -0.05) is 0 Å². The lowest BCUT2D eigenvalue weighted by Gasteiger charge is -2.33. The molecule has 0 radical (unpaired) electrons. The number of hydrogen-bond donors (Lipinski definition) is 0. The van der Waals surface area contributed by atoms with Crippen molar-refractivity contribution in [1.29, 1.82) is 0 Å². The van der Waals surface area contributed by atoms with Gasteiger partial charge >= 0.3 is 0 Å². The van der Waals surface area contributed by atoms with E-state index in [0.717, 1.165) is 18.2 Å². The summed E-state index contributed by atoms with van der Waals surface area (Å²) in [6.45, 7) is 5.09. The lowest BCUT2D eigenvalue weighted by molar-refractivity contribution is -0.120. The predicted octanol–water partition coefficient (Wildman–Crippen LogP) is 2.26. The Morgan fingerprint density at radius 2 is 2.29 bits per heavy atom. The largest absolute Gasteiger partial charge is 0.374 e. The van der Waals surface area contributed by atoms with E-state index in [9.17, 15) is 4.79 Å². The lowest BCUT2D eigenvalue weighted by atomic mass is 10.2. The van der Waals surface area contributed by atoms with Crippen LogP contribution in [0.4, 0.5) is 5.13 Å². The summed E-state index contributed by atoms with van der Waals surface area (Å²) in [7, 11) is 2.08.